The third-order valence-electron chi connectivity index (χ3n) is 7.70. The van der Waals surface area contributed by atoms with E-state index in [9.17, 15) is 0 Å². The molecule has 8 rings (SSSR count). The van der Waals surface area contributed by atoms with Crippen molar-refractivity contribution in [3.8, 4) is 33.4 Å². The van der Waals surface area contributed by atoms with Gasteiger partial charge in [-0.25, -0.2) is 0 Å². The van der Waals surface area contributed by atoms with Crippen LogP contribution in [-0.4, -0.2) is 0 Å². The maximum atomic E-state index is 2.39. The Labute approximate surface area is 214 Å². The molecule has 168 valence electrons. The fraction of sp³-hybridized carbons (Fsp3) is 0.0286. The summed E-state index contributed by atoms with van der Waals surface area (Å²) in [7, 11) is 0. The van der Waals surface area contributed by atoms with E-state index in [4.69, 9.17) is 0 Å². The van der Waals surface area contributed by atoms with Gasteiger partial charge in [-0.15, -0.1) is 11.3 Å². The minimum Gasteiger partial charge on any atom is -0.135 e. The summed E-state index contributed by atoms with van der Waals surface area (Å²) in [6.07, 6.45) is 1.04. The van der Waals surface area contributed by atoms with Crippen LogP contribution in [0.2, 0.25) is 0 Å². The average Bonchev–Trinajstić information content (AvgIpc) is 3.49. The summed E-state index contributed by atoms with van der Waals surface area (Å²) in [6, 6.07) is 45.0. The van der Waals surface area contributed by atoms with Crippen LogP contribution >= 0.6 is 11.3 Å². The van der Waals surface area contributed by atoms with Gasteiger partial charge < -0.3 is 0 Å². The molecule has 1 aromatic heterocycles. The molecule has 36 heavy (non-hydrogen) atoms. The Hall–Kier alpha value is -4.20. The van der Waals surface area contributed by atoms with Crippen LogP contribution in [-0.2, 0) is 6.42 Å². The number of hydrogen-bond donors (Lipinski definition) is 0. The molecule has 0 aliphatic heterocycles. The van der Waals surface area contributed by atoms with Crippen LogP contribution in [0.25, 0.3) is 64.3 Å². The van der Waals surface area contributed by atoms with Gasteiger partial charge in [0.25, 0.3) is 0 Å². The zero-order chi connectivity index (χ0) is 23.6. The number of rotatable bonds is 2. The largest absolute Gasteiger partial charge is 0.135 e. The van der Waals surface area contributed by atoms with Crippen molar-refractivity contribution in [3.05, 3.63) is 132 Å². The highest BCUT2D eigenvalue weighted by Crippen LogP contribution is 2.42. The van der Waals surface area contributed by atoms with Crippen LogP contribution in [0.4, 0.5) is 0 Å². The van der Waals surface area contributed by atoms with E-state index in [-0.39, 0.29) is 0 Å². The van der Waals surface area contributed by atoms with Crippen LogP contribution in [0.3, 0.4) is 0 Å². The SMILES string of the molecule is c1ccc2c(c1)Cc1ccc(-c3ccc4sc5ccc(-c6cccc7ccccc67)cc5c4c3)cc1-2. The molecular formula is C35H22S. The molecule has 0 spiro atoms. The second kappa shape index (κ2) is 7.65. The Balaban J connectivity index is 1.29. The Morgan fingerprint density at radius 3 is 1.97 bits per heavy atom. The van der Waals surface area contributed by atoms with Gasteiger partial charge in [0.1, 0.15) is 0 Å². The number of fused-ring (bicyclic) bond motifs is 7. The minimum atomic E-state index is 1.04. The van der Waals surface area contributed by atoms with E-state index < -0.39 is 0 Å². The van der Waals surface area contributed by atoms with Crippen molar-refractivity contribution in [2.75, 3.05) is 0 Å². The van der Waals surface area contributed by atoms with Gasteiger partial charge in [-0.05, 0) is 92.0 Å². The van der Waals surface area contributed by atoms with Crippen molar-refractivity contribution < 1.29 is 0 Å². The lowest BCUT2D eigenvalue weighted by Crippen LogP contribution is -1.83. The van der Waals surface area contributed by atoms with Crippen LogP contribution in [0.5, 0.6) is 0 Å². The topological polar surface area (TPSA) is 0 Å². The molecule has 1 aliphatic carbocycles. The third kappa shape index (κ3) is 3.00. The summed E-state index contributed by atoms with van der Waals surface area (Å²) in [6.45, 7) is 0. The lowest BCUT2D eigenvalue weighted by atomic mass is 9.96. The molecule has 0 saturated carbocycles. The van der Waals surface area contributed by atoms with Crippen molar-refractivity contribution in [1.29, 1.82) is 0 Å². The van der Waals surface area contributed by atoms with Gasteiger partial charge in [0.05, 0.1) is 0 Å². The van der Waals surface area contributed by atoms with Crippen LogP contribution < -0.4 is 0 Å². The smallest absolute Gasteiger partial charge is 0.0355 e. The maximum absolute atomic E-state index is 2.39. The fourth-order valence-corrected chi connectivity index (χ4v) is 6.97. The fourth-order valence-electron chi connectivity index (χ4n) is 5.90. The Morgan fingerprint density at radius 2 is 1.06 bits per heavy atom. The first kappa shape index (κ1) is 20.0. The molecule has 7 aromatic rings. The van der Waals surface area contributed by atoms with Crippen molar-refractivity contribution in [1.82, 2.24) is 0 Å². The molecule has 1 aliphatic rings. The molecule has 0 radical (unpaired) electrons. The van der Waals surface area contributed by atoms with Crippen LogP contribution in [0.1, 0.15) is 11.1 Å². The van der Waals surface area contributed by atoms with E-state index in [1.807, 2.05) is 11.3 Å². The summed E-state index contributed by atoms with van der Waals surface area (Å²) < 4.78 is 2.68. The van der Waals surface area contributed by atoms with Crippen molar-refractivity contribution >= 4 is 42.3 Å². The second-order valence-electron chi connectivity index (χ2n) is 9.76. The van der Waals surface area contributed by atoms with Gasteiger partial charge in [0.15, 0.2) is 0 Å². The third-order valence-corrected chi connectivity index (χ3v) is 8.85. The molecule has 0 amide bonds. The summed E-state index contributed by atoms with van der Waals surface area (Å²) >= 11 is 1.88. The van der Waals surface area contributed by atoms with Crippen molar-refractivity contribution in [2.24, 2.45) is 0 Å². The molecule has 0 unspecified atom stereocenters. The molecular weight excluding hydrogens is 452 g/mol. The quantitative estimate of drug-likeness (QED) is 0.234. The molecule has 0 bridgehead atoms. The summed E-state index contributed by atoms with van der Waals surface area (Å²) in [4.78, 5) is 0. The first-order chi connectivity index (χ1) is 17.8. The maximum Gasteiger partial charge on any atom is 0.0355 e. The lowest BCUT2D eigenvalue weighted by Gasteiger charge is -2.08. The van der Waals surface area contributed by atoms with Gasteiger partial charge >= 0.3 is 0 Å². The average molecular weight is 475 g/mol. The van der Waals surface area contributed by atoms with Crippen LogP contribution in [0, 0.1) is 0 Å². The predicted molar refractivity (Wildman–Crippen MR) is 156 cm³/mol. The van der Waals surface area contributed by atoms with Gasteiger partial charge in [-0.2, -0.15) is 0 Å². The van der Waals surface area contributed by atoms with Gasteiger partial charge in [-0.3, -0.25) is 0 Å². The summed E-state index contributed by atoms with van der Waals surface area (Å²) in [5.74, 6) is 0. The summed E-state index contributed by atoms with van der Waals surface area (Å²) in [5, 5.41) is 5.27. The molecule has 0 saturated heterocycles. The first-order valence-corrected chi connectivity index (χ1v) is 13.3. The van der Waals surface area contributed by atoms with Gasteiger partial charge in [0.2, 0.25) is 0 Å². The molecule has 6 aromatic carbocycles. The number of thiophene rings is 1. The van der Waals surface area contributed by atoms with E-state index >= 15 is 0 Å². The Bertz CT molecular complexity index is 1970. The van der Waals surface area contributed by atoms with Gasteiger partial charge in [0, 0.05) is 20.2 Å². The Morgan fingerprint density at radius 1 is 0.417 bits per heavy atom. The van der Waals surface area contributed by atoms with E-state index in [0.717, 1.165) is 6.42 Å². The van der Waals surface area contributed by atoms with E-state index in [2.05, 4.69) is 121 Å². The van der Waals surface area contributed by atoms with E-state index in [0.29, 0.717) is 0 Å². The molecule has 0 N–H and O–H groups in total. The van der Waals surface area contributed by atoms with E-state index in [1.165, 1.54) is 75.5 Å². The second-order valence-corrected chi connectivity index (χ2v) is 10.8. The zero-order valence-electron chi connectivity index (χ0n) is 19.7. The molecule has 0 nitrogen and oxygen atoms in total. The highest BCUT2D eigenvalue weighted by Gasteiger charge is 2.18. The summed E-state index contributed by atoms with van der Waals surface area (Å²) in [5.41, 5.74) is 10.8. The normalized spacial score (nSPS) is 12.3. The van der Waals surface area contributed by atoms with E-state index in [1.54, 1.807) is 0 Å². The van der Waals surface area contributed by atoms with Crippen LogP contribution in [0.15, 0.2) is 121 Å². The first-order valence-electron chi connectivity index (χ1n) is 12.5. The molecule has 1 heterocycles. The highest BCUT2D eigenvalue weighted by molar-refractivity contribution is 7.25. The monoisotopic (exact) mass is 474 g/mol. The lowest BCUT2D eigenvalue weighted by molar-refractivity contribution is 1.26. The van der Waals surface area contributed by atoms with Gasteiger partial charge in [-0.1, -0.05) is 91.0 Å². The number of benzene rings is 6. The molecule has 1 heteroatoms. The predicted octanol–water partition coefficient (Wildman–Crippen LogP) is 10.1. The standard InChI is InChI=1S/C35H22S/c1-3-9-28-22(6-1)8-5-11-29(28)27-15-17-35-33(21-27)32-20-24(14-16-34(32)36-35)23-12-13-26-18-25-7-2-4-10-30(25)31(26)19-23/h1-17,19-21H,18H2. The van der Waals surface area contributed by atoms with Crippen molar-refractivity contribution in [3.63, 3.8) is 0 Å². The molecule has 0 fully saturated rings. The highest BCUT2D eigenvalue weighted by atomic mass is 32.1. The molecule has 0 atom stereocenters. The zero-order valence-corrected chi connectivity index (χ0v) is 20.5. The van der Waals surface area contributed by atoms with Crippen molar-refractivity contribution in [2.45, 2.75) is 6.42 Å². The Kier molecular flexibility index (Phi) is 4.26. The minimum absolute atomic E-state index is 1.04. The number of hydrogen-bond acceptors (Lipinski definition) is 1.